The molecule has 0 aliphatic carbocycles. The molecule has 0 bridgehead atoms. The van der Waals surface area contributed by atoms with Gasteiger partial charge in [0.15, 0.2) is 5.71 Å². The number of hydrogen-bond acceptors (Lipinski definition) is 1. The molecule has 1 atom stereocenters. The minimum Gasteiger partial charge on any atom is -0.347 e. The monoisotopic (exact) mass is 559 g/mol. The summed E-state index contributed by atoms with van der Waals surface area (Å²) in [6.07, 6.45) is 6.97. The number of benzene rings is 5. The molecule has 1 unspecified atom stereocenters. The van der Waals surface area contributed by atoms with Crippen molar-refractivity contribution in [2.24, 2.45) is 0 Å². The van der Waals surface area contributed by atoms with Gasteiger partial charge in [-0.1, -0.05) is 109 Å². The molecule has 0 amide bonds. The van der Waals surface area contributed by atoms with Gasteiger partial charge in [-0.2, -0.15) is 4.58 Å². The van der Waals surface area contributed by atoms with Crippen LogP contribution in [0.3, 0.4) is 0 Å². The maximum atomic E-state index is 2.43. The fourth-order valence-electron chi connectivity index (χ4n) is 7.98. The Morgan fingerprint density at radius 3 is 2.00 bits per heavy atom. The number of hydrogen-bond donors (Lipinski definition) is 0. The van der Waals surface area contributed by atoms with E-state index in [2.05, 4.69) is 184 Å². The fraction of sp³-hybridized carbons (Fsp3) is 0.195. The van der Waals surface area contributed by atoms with Gasteiger partial charge in [-0.3, -0.25) is 0 Å². The van der Waals surface area contributed by atoms with Crippen molar-refractivity contribution in [3.05, 3.63) is 168 Å². The Morgan fingerprint density at radius 2 is 1.30 bits per heavy atom. The van der Waals surface area contributed by atoms with Gasteiger partial charge in [0, 0.05) is 47.5 Å². The summed E-state index contributed by atoms with van der Waals surface area (Å²) in [5.41, 5.74) is 10.2. The second-order valence-electron chi connectivity index (χ2n) is 12.7. The molecular formula is C41H39N2+. The number of nitrogens with zero attached hydrogens (tertiary/aromatic N) is 2. The number of allylic oxidation sites excluding steroid dienone is 4. The van der Waals surface area contributed by atoms with Crippen molar-refractivity contribution in [1.29, 1.82) is 0 Å². The molecule has 43 heavy (non-hydrogen) atoms. The van der Waals surface area contributed by atoms with E-state index in [1.54, 1.807) is 0 Å². The predicted molar refractivity (Wildman–Crippen MR) is 182 cm³/mol. The highest BCUT2D eigenvalue weighted by atomic mass is 15.2. The number of para-hydroxylation sites is 1. The topological polar surface area (TPSA) is 6.25 Å². The van der Waals surface area contributed by atoms with Crippen molar-refractivity contribution in [1.82, 2.24) is 0 Å². The van der Waals surface area contributed by atoms with Gasteiger partial charge < -0.3 is 4.90 Å². The van der Waals surface area contributed by atoms with Crippen molar-refractivity contribution in [2.75, 3.05) is 19.0 Å². The van der Waals surface area contributed by atoms with Crippen LogP contribution in [0.4, 0.5) is 11.4 Å². The first-order chi connectivity index (χ1) is 20.8. The molecule has 7 rings (SSSR count). The Bertz CT molecular complexity index is 1890. The maximum Gasteiger partial charge on any atom is 0.210 e. The summed E-state index contributed by atoms with van der Waals surface area (Å²) >= 11 is 0. The lowest BCUT2D eigenvalue weighted by molar-refractivity contribution is -0.401. The predicted octanol–water partition coefficient (Wildman–Crippen LogP) is 9.53. The van der Waals surface area contributed by atoms with E-state index in [-0.39, 0.29) is 16.7 Å². The maximum absolute atomic E-state index is 2.43. The van der Waals surface area contributed by atoms with Crippen molar-refractivity contribution < 1.29 is 4.58 Å². The Hall–Kier alpha value is -4.69. The summed E-state index contributed by atoms with van der Waals surface area (Å²) in [7, 11) is 4.43. The Labute approximate surface area is 256 Å². The first-order valence-electron chi connectivity index (χ1n) is 15.3. The molecule has 2 heteroatoms. The number of fused-ring (bicyclic) bond motifs is 4. The number of anilines is 1. The van der Waals surface area contributed by atoms with Crippen molar-refractivity contribution >= 4 is 27.9 Å². The Balaban J connectivity index is 1.37. The van der Waals surface area contributed by atoms with Crippen LogP contribution in [-0.4, -0.2) is 24.4 Å². The third-order valence-corrected chi connectivity index (χ3v) is 9.96. The fourth-order valence-corrected chi connectivity index (χ4v) is 7.98. The van der Waals surface area contributed by atoms with E-state index in [1.807, 2.05) is 0 Å². The zero-order valence-electron chi connectivity index (χ0n) is 25.8. The molecule has 0 saturated heterocycles. The minimum absolute atomic E-state index is 0.121. The zero-order valence-corrected chi connectivity index (χ0v) is 25.8. The van der Waals surface area contributed by atoms with E-state index >= 15 is 0 Å². The van der Waals surface area contributed by atoms with Gasteiger partial charge in [-0.25, -0.2) is 0 Å². The summed E-state index contributed by atoms with van der Waals surface area (Å²) in [5, 5.41) is 2.63. The smallest absolute Gasteiger partial charge is 0.210 e. The molecule has 2 aliphatic rings. The van der Waals surface area contributed by atoms with Crippen molar-refractivity contribution in [3.63, 3.8) is 0 Å². The summed E-state index contributed by atoms with van der Waals surface area (Å²) in [5.74, 6) is 0.148. The Kier molecular flexibility index (Phi) is 6.47. The lowest BCUT2D eigenvalue weighted by atomic mass is 9.65. The van der Waals surface area contributed by atoms with Crippen LogP contribution in [0.5, 0.6) is 0 Å². The lowest BCUT2D eigenvalue weighted by Gasteiger charge is -2.38. The Morgan fingerprint density at radius 1 is 0.698 bits per heavy atom. The van der Waals surface area contributed by atoms with E-state index in [0.29, 0.717) is 0 Å². The highest BCUT2D eigenvalue weighted by Gasteiger charge is 2.49. The van der Waals surface area contributed by atoms with Gasteiger partial charge >= 0.3 is 0 Å². The normalized spacial score (nSPS) is 20.0. The van der Waals surface area contributed by atoms with Gasteiger partial charge in [0.25, 0.3) is 0 Å². The molecule has 2 nitrogen and oxygen atoms in total. The quantitative estimate of drug-likeness (QED) is 0.194. The average molecular weight is 560 g/mol. The van der Waals surface area contributed by atoms with Gasteiger partial charge in [-0.15, -0.1) is 0 Å². The van der Waals surface area contributed by atoms with E-state index in [4.69, 9.17) is 0 Å². The largest absolute Gasteiger partial charge is 0.347 e. The molecule has 0 aromatic heterocycles. The molecule has 5 aromatic carbocycles. The lowest BCUT2D eigenvalue weighted by Crippen LogP contribution is -2.34. The van der Waals surface area contributed by atoms with Crippen molar-refractivity contribution in [3.8, 4) is 0 Å². The van der Waals surface area contributed by atoms with Gasteiger partial charge in [0.1, 0.15) is 7.05 Å². The van der Waals surface area contributed by atoms with E-state index in [0.717, 1.165) is 0 Å². The molecule has 0 saturated carbocycles. The average Bonchev–Trinajstić information content (AvgIpc) is 3.37. The molecule has 2 aliphatic heterocycles. The van der Waals surface area contributed by atoms with E-state index < -0.39 is 0 Å². The summed E-state index contributed by atoms with van der Waals surface area (Å²) in [6, 6.07) is 44.2. The van der Waals surface area contributed by atoms with E-state index in [9.17, 15) is 0 Å². The molecule has 0 fully saturated rings. The van der Waals surface area contributed by atoms with Gasteiger partial charge in [0.05, 0.1) is 5.41 Å². The van der Waals surface area contributed by atoms with Crippen molar-refractivity contribution in [2.45, 2.75) is 37.5 Å². The van der Waals surface area contributed by atoms with Crippen LogP contribution in [0, 0.1) is 0 Å². The van der Waals surface area contributed by atoms with Crippen LogP contribution in [0.1, 0.15) is 48.9 Å². The van der Waals surface area contributed by atoms with Gasteiger partial charge in [-0.05, 0) is 66.4 Å². The molecule has 0 spiro atoms. The zero-order chi connectivity index (χ0) is 29.8. The van der Waals surface area contributed by atoms with Crippen LogP contribution < -0.4 is 4.90 Å². The summed E-state index contributed by atoms with van der Waals surface area (Å²) in [6.45, 7) is 7.15. The second-order valence-corrected chi connectivity index (χ2v) is 12.7. The number of rotatable bonds is 5. The summed E-state index contributed by atoms with van der Waals surface area (Å²) < 4.78 is 2.37. The molecule has 0 N–H and O–H groups in total. The molecule has 2 heterocycles. The molecule has 0 radical (unpaired) electrons. The first-order valence-corrected chi connectivity index (χ1v) is 15.3. The third kappa shape index (κ3) is 4.12. The first kappa shape index (κ1) is 27.2. The standard InChI is InChI=1S/C41H39N2/c1-40(2)36(43(5)35-28-27-29-17-12-13-22-32(29)39(35)40)25-16-26-37-41(3,33-23-14-15-24-34(33)42(37)4)38(30-18-8-6-9-19-30)31-20-10-7-11-21-31/h6-28,38H,1-5H3/q+1. The highest BCUT2D eigenvalue weighted by Crippen LogP contribution is 2.56. The molecule has 212 valence electrons. The van der Waals surface area contributed by atoms with E-state index in [1.165, 1.54) is 55.8 Å². The molecule has 5 aromatic rings. The highest BCUT2D eigenvalue weighted by molar-refractivity contribution is 6.07. The van der Waals surface area contributed by atoms with Crippen LogP contribution in [0.15, 0.2) is 145 Å². The SMILES string of the molecule is CN1C(=CC=CC2=[N+](C)c3ccc4ccccc4c3C2(C)C)C(C)(C(c2ccccc2)c2ccccc2)c2ccccc21. The minimum atomic E-state index is -0.278. The molecular weight excluding hydrogens is 520 g/mol. The van der Waals surface area contributed by atoms with Crippen LogP contribution in [0.25, 0.3) is 10.8 Å². The second kappa shape index (κ2) is 10.2. The number of likely N-dealkylation sites (N-methyl/N-ethyl adjacent to an activating group) is 1. The van der Waals surface area contributed by atoms with Crippen LogP contribution >= 0.6 is 0 Å². The van der Waals surface area contributed by atoms with Gasteiger partial charge in [0.2, 0.25) is 5.69 Å². The van der Waals surface area contributed by atoms with Crippen LogP contribution in [-0.2, 0) is 10.8 Å². The third-order valence-electron chi connectivity index (χ3n) is 9.96. The van der Waals surface area contributed by atoms with Crippen LogP contribution in [0.2, 0.25) is 0 Å². The summed E-state index contributed by atoms with van der Waals surface area (Å²) in [4.78, 5) is 2.40.